The normalized spacial score (nSPS) is 16.3. The number of nitrogens with zero attached hydrogens (tertiary/aromatic N) is 1. The Morgan fingerprint density at radius 2 is 1.74 bits per heavy atom. The van der Waals surface area contributed by atoms with Crippen molar-refractivity contribution in [3.05, 3.63) is 35.4 Å². The molecule has 1 heterocycles. The number of benzene rings is 1. The van der Waals surface area contributed by atoms with Gasteiger partial charge in [-0.3, -0.25) is 9.59 Å². The second-order valence-corrected chi connectivity index (χ2v) is 5.73. The van der Waals surface area contributed by atoms with Crippen molar-refractivity contribution in [2.24, 2.45) is 5.92 Å². The first-order valence-electron chi connectivity index (χ1n) is 7.53. The summed E-state index contributed by atoms with van der Waals surface area (Å²) < 4.78 is 32.6. The lowest BCUT2D eigenvalue weighted by Crippen LogP contribution is -2.54. The van der Waals surface area contributed by atoms with Crippen LogP contribution in [0.2, 0.25) is 0 Å². The van der Waals surface area contributed by atoms with Gasteiger partial charge >= 0.3 is 0 Å². The van der Waals surface area contributed by atoms with Gasteiger partial charge in [0.1, 0.15) is 23.2 Å². The van der Waals surface area contributed by atoms with E-state index in [4.69, 9.17) is 4.74 Å². The van der Waals surface area contributed by atoms with Gasteiger partial charge in [0.15, 0.2) is 0 Å². The van der Waals surface area contributed by atoms with E-state index in [0.29, 0.717) is 26.3 Å². The van der Waals surface area contributed by atoms with Crippen molar-refractivity contribution in [3.63, 3.8) is 0 Å². The molecule has 0 aromatic heterocycles. The van der Waals surface area contributed by atoms with Crippen LogP contribution < -0.4 is 5.32 Å². The molecule has 0 unspecified atom stereocenters. The Morgan fingerprint density at radius 3 is 2.26 bits per heavy atom. The number of morpholine rings is 1. The van der Waals surface area contributed by atoms with E-state index >= 15 is 0 Å². The minimum Gasteiger partial charge on any atom is -0.378 e. The number of amides is 2. The van der Waals surface area contributed by atoms with E-state index in [2.05, 4.69) is 5.32 Å². The highest BCUT2D eigenvalue weighted by Gasteiger charge is 2.31. The summed E-state index contributed by atoms with van der Waals surface area (Å²) in [4.78, 5) is 26.3. The van der Waals surface area contributed by atoms with Gasteiger partial charge < -0.3 is 15.0 Å². The number of halogens is 2. The Labute approximate surface area is 133 Å². The Balaban J connectivity index is 2.15. The topological polar surface area (TPSA) is 58.6 Å². The van der Waals surface area contributed by atoms with E-state index in [1.807, 2.05) is 0 Å². The zero-order chi connectivity index (χ0) is 17.0. The quantitative estimate of drug-likeness (QED) is 0.914. The molecule has 0 bridgehead atoms. The fourth-order valence-electron chi connectivity index (χ4n) is 2.42. The van der Waals surface area contributed by atoms with Crippen LogP contribution in [0.25, 0.3) is 0 Å². The Kier molecular flexibility index (Phi) is 5.65. The van der Waals surface area contributed by atoms with Gasteiger partial charge in [0.05, 0.1) is 13.2 Å². The lowest BCUT2D eigenvalue weighted by Gasteiger charge is -2.32. The molecule has 0 spiro atoms. The zero-order valence-electron chi connectivity index (χ0n) is 13.1. The summed E-state index contributed by atoms with van der Waals surface area (Å²) in [6.45, 7) is 5.28. The van der Waals surface area contributed by atoms with E-state index in [9.17, 15) is 18.4 Å². The summed E-state index contributed by atoms with van der Waals surface area (Å²) >= 11 is 0. The number of hydrogen-bond donors (Lipinski definition) is 1. The molecular formula is C16H20F2N2O3. The molecule has 1 aliphatic heterocycles. The summed E-state index contributed by atoms with van der Waals surface area (Å²) in [5.74, 6) is -3.33. The van der Waals surface area contributed by atoms with Crippen molar-refractivity contribution in [1.82, 2.24) is 10.2 Å². The van der Waals surface area contributed by atoms with Crippen LogP contribution in [0.15, 0.2) is 18.2 Å². The molecule has 0 saturated carbocycles. The molecule has 1 aromatic rings. The van der Waals surface area contributed by atoms with E-state index in [-0.39, 0.29) is 11.8 Å². The Bertz CT molecular complexity index is 566. The summed E-state index contributed by atoms with van der Waals surface area (Å²) in [6.07, 6.45) is 0. The van der Waals surface area contributed by atoms with Gasteiger partial charge in [-0.25, -0.2) is 8.78 Å². The third-order valence-electron chi connectivity index (χ3n) is 3.73. The number of rotatable bonds is 4. The summed E-state index contributed by atoms with van der Waals surface area (Å²) in [7, 11) is 0. The fraction of sp³-hybridized carbons (Fsp3) is 0.500. The predicted octanol–water partition coefficient (Wildman–Crippen LogP) is 1.58. The standard InChI is InChI=1S/C16H20F2N2O3/c1-10(2)14(16(22)20-6-8-23-9-7-20)19-15(21)13-11(17)4-3-5-12(13)18/h3-5,10,14H,6-9H2,1-2H3,(H,19,21)/t14-/m0/s1. The second kappa shape index (κ2) is 7.50. The number of ether oxygens (including phenoxy) is 1. The van der Waals surface area contributed by atoms with E-state index in [0.717, 1.165) is 12.1 Å². The van der Waals surface area contributed by atoms with Crippen LogP contribution in [0, 0.1) is 17.6 Å². The Hall–Kier alpha value is -2.02. The zero-order valence-corrected chi connectivity index (χ0v) is 13.1. The van der Waals surface area contributed by atoms with Gasteiger partial charge in [0.25, 0.3) is 5.91 Å². The maximum Gasteiger partial charge on any atom is 0.257 e. The predicted molar refractivity (Wildman–Crippen MR) is 79.8 cm³/mol. The van der Waals surface area contributed by atoms with Gasteiger partial charge in [0, 0.05) is 13.1 Å². The number of hydrogen-bond acceptors (Lipinski definition) is 3. The monoisotopic (exact) mass is 326 g/mol. The van der Waals surface area contributed by atoms with Gasteiger partial charge in [0.2, 0.25) is 5.91 Å². The molecule has 1 atom stereocenters. The molecule has 1 aliphatic rings. The van der Waals surface area contributed by atoms with Crippen LogP contribution in [-0.4, -0.2) is 49.1 Å². The number of nitrogens with one attached hydrogen (secondary N) is 1. The van der Waals surface area contributed by atoms with Crippen molar-refractivity contribution in [2.75, 3.05) is 26.3 Å². The molecular weight excluding hydrogens is 306 g/mol. The SMILES string of the molecule is CC(C)[C@H](NC(=O)c1c(F)cccc1F)C(=O)N1CCOCC1. The lowest BCUT2D eigenvalue weighted by atomic mass is 10.0. The van der Waals surface area contributed by atoms with Gasteiger partial charge in [-0.05, 0) is 18.1 Å². The highest BCUT2D eigenvalue weighted by atomic mass is 19.1. The number of carbonyl (C=O) groups is 2. The van der Waals surface area contributed by atoms with E-state index < -0.39 is 29.1 Å². The van der Waals surface area contributed by atoms with Gasteiger partial charge in [-0.15, -0.1) is 0 Å². The average molecular weight is 326 g/mol. The highest BCUT2D eigenvalue weighted by Crippen LogP contribution is 2.14. The molecule has 126 valence electrons. The molecule has 1 saturated heterocycles. The molecule has 23 heavy (non-hydrogen) atoms. The van der Waals surface area contributed by atoms with Crippen LogP contribution in [0.4, 0.5) is 8.78 Å². The molecule has 1 aromatic carbocycles. The lowest BCUT2D eigenvalue weighted by molar-refractivity contribution is -0.138. The molecule has 1 fully saturated rings. The molecule has 0 aliphatic carbocycles. The first kappa shape index (κ1) is 17.3. The average Bonchev–Trinajstić information content (AvgIpc) is 2.52. The maximum absolute atomic E-state index is 13.7. The van der Waals surface area contributed by atoms with Crippen LogP contribution in [0.3, 0.4) is 0 Å². The molecule has 5 nitrogen and oxygen atoms in total. The third kappa shape index (κ3) is 4.04. The van der Waals surface area contributed by atoms with Crippen molar-refractivity contribution in [1.29, 1.82) is 0 Å². The van der Waals surface area contributed by atoms with Crippen molar-refractivity contribution in [3.8, 4) is 0 Å². The molecule has 1 N–H and O–H groups in total. The molecule has 2 amide bonds. The smallest absolute Gasteiger partial charge is 0.257 e. The summed E-state index contributed by atoms with van der Waals surface area (Å²) in [6, 6.07) is 2.35. The summed E-state index contributed by atoms with van der Waals surface area (Å²) in [5, 5.41) is 2.46. The Morgan fingerprint density at radius 1 is 1.17 bits per heavy atom. The van der Waals surface area contributed by atoms with Crippen LogP contribution in [-0.2, 0) is 9.53 Å². The van der Waals surface area contributed by atoms with Crippen molar-refractivity contribution < 1.29 is 23.1 Å². The minimum atomic E-state index is -0.955. The third-order valence-corrected chi connectivity index (χ3v) is 3.73. The maximum atomic E-state index is 13.7. The van der Waals surface area contributed by atoms with Gasteiger partial charge in [-0.2, -0.15) is 0 Å². The number of carbonyl (C=O) groups excluding carboxylic acids is 2. The minimum absolute atomic E-state index is 0.218. The van der Waals surface area contributed by atoms with Crippen LogP contribution >= 0.6 is 0 Å². The highest BCUT2D eigenvalue weighted by molar-refractivity contribution is 5.98. The van der Waals surface area contributed by atoms with Crippen molar-refractivity contribution >= 4 is 11.8 Å². The van der Waals surface area contributed by atoms with Crippen molar-refractivity contribution in [2.45, 2.75) is 19.9 Å². The molecule has 2 rings (SSSR count). The fourth-order valence-corrected chi connectivity index (χ4v) is 2.42. The molecule has 0 radical (unpaired) electrons. The second-order valence-electron chi connectivity index (χ2n) is 5.73. The largest absolute Gasteiger partial charge is 0.378 e. The summed E-state index contributed by atoms with van der Waals surface area (Å²) in [5.41, 5.74) is -0.673. The van der Waals surface area contributed by atoms with Crippen LogP contribution in [0.1, 0.15) is 24.2 Å². The van der Waals surface area contributed by atoms with Crippen LogP contribution in [0.5, 0.6) is 0 Å². The molecule has 7 heteroatoms. The first-order valence-corrected chi connectivity index (χ1v) is 7.53. The first-order chi connectivity index (χ1) is 10.9. The van der Waals surface area contributed by atoms with E-state index in [1.165, 1.54) is 6.07 Å². The van der Waals surface area contributed by atoms with E-state index in [1.54, 1.807) is 18.7 Å². The van der Waals surface area contributed by atoms with Gasteiger partial charge in [-0.1, -0.05) is 19.9 Å².